The van der Waals surface area contributed by atoms with Gasteiger partial charge in [0.2, 0.25) is 0 Å². The van der Waals surface area contributed by atoms with E-state index in [2.05, 4.69) is 13.8 Å². The van der Waals surface area contributed by atoms with Crippen LogP contribution >= 0.6 is 0 Å². The first-order chi connectivity index (χ1) is 10.4. The maximum Gasteiger partial charge on any atom is 1.00 e. The number of unbranched alkanes of at least 4 members (excludes halogenated alkanes) is 14. The van der Waals surface area contributed by atoms with Crippen LogP contribution in [0.25, 0.3) is 0 Å². The molecule has 0 aliphatic carbocycles. The van der Waals surface area contributed by atoms with Gasteiger partial charge in [0.1, 0.15) is 0 Å². The van der Waals surface area contributed by atoms with Crippen molar-refractivity contribution in [2.75, 3.05) is 0 Å². The summed E-state index contributed by atoms with van der Waals surface area (Å²) in [4.78, 5) is 0. The average molecular weight is 363 g/mol. The Hall–Kier alpha value is 0.870. The van der Waals surface area contributed by atoms with Crippen molar-refractivity contribution in [3.63, 3.8) is 0 Å². The molecule has 0 aromatic carbocycles. The minimum Gasteiger partial charge on any atom is -1.00 e. The molecule has 0 rings (SSSR count). The van der Waals surface area contributed by atoms with E-state index in [1.165, 1.54) is 96.3 Å². The summed E-state index contributed by atoms with van der Waals surface area (Å²) in [5.74, 6) is 0. The van der Waals surface area contributed by atoms with Crippen LogP contribution in [0.3, 0.4) is 0 Å². The third-order valence-electron chi connectivity index (χ3n) is 3.71. The fraction of sp³-hybridized carbons (Fsp3) is 1.00. The van der Waals surface area contributed by atoms with Gasteiger partial charge in [0.25, 0.3) is 0 Å². The third kappa shape index (κ3) is 45.0. The predicted octanol–water partition coefficient (Wildman–Crippen LogP) is 3.34. The van der Waals surface area contributed by atoms with Crippen LogP contribution < -0.4 is 29.6 Å². The van der Waals surface area contributed by atoms with E-state index in [1.807, 2.05) is 0 Å². The van der Waals surface area contributed by atoms with E-state index in [0.29, 0.717) is 0 Å². The van der Waals surface area contributed by atoms with Crippen LogP contribution in [0.4, 0.5) is 0 Å². The topological polar surface area (TPSA) is 74.6 Å². The molecular weight excluding hydrogens is 323 g/mol. The zero-order valence-corrected chi connectivity index (χ0v) is 18.5. The Morgan fingerprint density at radius 3 is 0.826 bits per heavy atom. The number of hydrogen-bond donors (Lipinski definition) is 2. The normalized spacial score (nSPS) is 10.6. The van der Waals surface area contributed by atoms with E-state index in [-0.39, 0.29) is 31.0 Å². The Labute approximate surface area is 168 Å². The fourth-order valence-corrected chi connectivity index (χ4v) is 2.44. The van der Waals surface area contributed by atoms with Gasteiger partial charge in [0.05, 0.1) is 0 Å². The second kappa shape index (κ2) is 22.9. The molecule has 0 fully saturated rings. The summed E-state index contributed by atoms with van der Waals surface area (Å²) in [6.07, 6.45) is 21.9. The van der Waals surface area contributed by atoms with Crippen molar-refractivity contribution in [1.29, 1.82) is 0 Å². The quantitative estimate of drug-likeness (QED) is 0.282. The van der Waals surface area contributed by atoms with Gasteiger partial charge in [-0.05, 0) is 0 Å². The number of hydrogen-bond acceptors (Lipinski definition) is 2. The molecule has 0 bridgehead atoms. The summed E-state index contributed by atoms with van der Waals surface area (Å²) in [5, 5.41) is 0. The zero-order valence-electron chi connectivity index (χ0n) is 16.7. The molecule has 138 valence electrons. The Kier molecular flexibility index (Phi) is 28.5. The SMILES string of the molecule is CCCCCCCCCCCCCCCCC.O=S(=O)(O)O.[H-].[Na+]. The summed E-state index contributed by atoms with van der Waals surface area (Å²) in [7, 11) is -4.67. The molecule has 4 nitrogen and oxygen atoms in total. The second-order valence-corrected chi connectivity index (χ2v) is 6.94. The molecule has 0 heterocycles. The van der Waals surface area contributed by atoms with E-state index < -0.39 is 10.4 Å². The standard InChI is InChI=1S/C17H36.Na.H2O4S.H/c1-3-5-7-9-11-13-15-17-16-14-12-10-8-6-4-2;;1-5(2,3)4;/h3-17H2,1-2H3;;(H2,1,2,3,4);/q;+1;;-1. The van der Waals surface area contributed by atoms with Gasteiger partial charge in [-0.1, -0.05) is 110 Å². The summed E-state index contributed by atoms with van der Waals surface area (Å²) in [5.41, 5.74) is 0. The van der Waals surface area contributed by atoms with Crippen LogP contribution in [0.15, 0.2) is 0 Å². The van der Waals surface area contributed by atoms with Gasteiger partial charge in [-0.25, -0.2) is 0 Å². The number of rotatable bonds is 14. The van der Waals surface area contributed by atoms with Crippen molar-refractivity contribution in [3.8, 4) is 0 Å². The van der Waals surface area contributed by atoms with Crippen LogP contribution in [0.2, 0.25) is 0 Å². The van der Waals surface area contributed by atoms with Gasteiger partial charge in [-0.3, -0.25) is 9.11 Å². The van der Waals surface area contributed by atoms with Gasteiger partial charge in [0.15, 0.2) is 0 Å². The third-order valence-corrected chi connectivity index (χ3v) is 3.71. The average Bonchev–Trinajstić information content (AvgIpc) is 2.42. The zero-order chi connectivity index (χ0) is 17.1. The molecule has 0 aliphatic rings. The fourth-order valence-electron chi connectivity index (χ4n) is 2.44. The van der Waals surface area contributed by atoms with Crippen molar-refractivity contribution < 1.29 is 48.5 Å². The first kappa shape index (κ1) is 28.7. The van der Waals surface area contributed by atoms with Crippen LogP contribution in [0, 0.1) is 0 Å². The molecule has 6 heteroatoms. The minimum atomic E-state index is -4.67. The molecular formula is C17H39NaO4S. The van der Waals surface area contributed by atoms with Gasteiger partial charge in [0, 0.05) is 0 Å². The van der Waals surface area contributed by atoms with E-state index in [4.69, 9.17) is 17.5 Å². The minimum absolute atomic E-state index is 0. The summed E-state index contributed by atoms with van der Waals surface area (Å²) in [6.45, 7) is 4.58. The smallest absolute Gasteiger partial charge is 1.00 e. The van der Waals surface area contributed by atoms with Gasteiger partial charge >= 0.3 is 40.0 Å². The Bertz CT molecular complexity index is 279. The van der Waals surface area contributed by atoms with Crippen molar-refractivity contribution >= 4 is 10.4 Å². The van der Waals surface area contributed by atoms with Gasteiger partial charge in [-0.2, -0.15) is 8.42 Å². The summed E-state index contributed by atoms with van der Waals surface area (Å²) in [6, 6.07) is 0. The predicted molar refractivity (Wildman–Crippen MR) is 95.9 cm³/mol. The molecule has 0 unspecified atom stereocenters. The molecule has 23 heavy (non-hydrogen) atoms. The molecule has 0 aromatic rings. The molecule has 0 amide bonds. The van der Waals surface area contributed by atoms with E-state index >= 15 is 0 Å². The molecule has 0 aliphatic heterocycles. The largest absolute Gasteiger partial charge is 1.00 e. The van der Waals surface area contributed by atoms with E-state index in [0.717, 1.165) is 0 Å². The maximum atomic E-state index is 8.74. The second-order valence-electron chi connectivity index (χ2n) is 6.04. The van der Waals surface area contributed by atoms with Crippen molar-refractivity contribution in [3.05, 3.63) is 0 Å². The summed E-state index contributed by atoms with van der Waals surface area (Å²) >= 11 is 0. The molecule has 0 spiro atoms. The van der Waals surface area contributed by atoms with Crippen LogP contribution in [0.5, 0.6) is 0 Å². The van der Waals surface area contributed by atoms with E-state index in [9.17, 15) is 0 Å². The molecule has 0 radical (unpaired) electrons. The Morgan fingerprint density at radius 2 is 0.696 bits per heavy atom. The first-order valence-corrected chi connectivity index (χ1v) is 10.5. The van der Waals surface area contributed by atoms with Crippen LogP contribution in [0.1, 0.15) is 112 Å². The van der Waals surface area contributed by atoms with Crippen LogP contribution in [-0.4, -0.2) is 17.5 Å². The van der Waals surface area contributed by atoms with Crippen molar-refractivity contribution in [2.45, 2.75) is 110 Å². The van der Waals surface area contributed by atoms with Crippen LogP contribution in [-0.2, 0) is 10.4 Å². The Morgan fingerprint density at radius 1 is 0.565 bits per heavy atom. The van der Waals surface area contributed by atoms with Gasteiger partial charge < -0.3 is 1.43 Å². The van der Waals surface area contributed by atoms with E-state index in [1.54, 1.807) is 0 Å². The summed E-state index contributed by atoms with van der Waals surface area (Å²) < 4.78 is 31.6. The van der Waals surface area contributed by atoms with Crippen molar-refractivity contribution in [1.82, 2.24) is 0 Å². The monoisotopic (exact) mass is 362 g/mol. The Balaban J connectivity index is -0.000000250. The molecule has 0 atom stereocenters. The molecule has 2 N–H and O–H groups in total. The van der Waals surface area contributed by atoms with Crippen molar-refractivity contribution in [2.24, 2.45) is 0 Å². The maximum absolute atomic E-state index is 8.74. The first-order valence-electron chi connectivity index (χ1n) is 9.11. The molecule has 0 saturated heterocycles. The molecule has 0 saturated carbocycles. The molecule has 0 aromatic heterocycles. The van der Waals surface area contributed by atoms with Gasteiger partial charge in [-0.15, -0.1) is 0 Å².